The van der Waals surface area contributed by atoms with Crippen molar-refractivity contribution in [2.75, 3.05) is 20.6 Å². The lowest BCUT2D eigenvalue weighted by molar-refractivity contribution is -0.928. The fourth-order valence-corrected chi connectivity index (χ4v) is 1.89. The molecule has 1 atom stereocenters. The van der Waals surface area contributed by atoms with Crippen LogP contribution >= 0.6 is 0 Å². The number of carboxylic acid groups (broad SMARTS) is 1. The first-order valence-electron chi connectivity index (χ1n) is 5.94. The van der Waals surface area contributed by atoms with Crippen molar-refractivity contribution in [2.45, 2.75) is 25.8 Å². The number of benzene rings is 1. The van der Waals surface area contributed by atoms with Crippen LogP contribution in [0.3, 0.4) is 0 Å². The van der Waals surface area contributed by atoms with Crippen molar-refractivity contribution in [1.29, 1.82) is 0 Å². The maximum atomic E-state index is 11.6. The Labute approximate surface area is 103 Å². The second kappa shape index (κ2) is 4.88. The first-order chi connectivity index (χ1) is 7.83. The van der Waals surface area contributed by atoms with Crippen LogP contribution in [0, 0.1) is 0 Å². The van der Waals surface area contributed by atoms with E-state index >= 15 is 0 Å². The fraction of sp³-hybridized carbons (Fsp3) is 0.500. The normalized spacial score (nSPS) is 15.3. The summed E-state index contributed by atoms with van der Waals surface area (Å²) in [6.07, 6.45) is 0.546. The van der Waals surface area contributed by atoms with Gasteiger partial charge in [0.2, 0.25) is 0 Å². The minimum Gasteiger partial charge on any atom is -0.477 e. The third-order valence-corrected chi connectivity index (χ3v) is 3.98. The van der Waals surface area contributed by atoms with Gasteiger partial charge in [0.25, 0.3) is 0 Å². The molecule has 0 saturated carbocycles. The maximum absolute atomic E-state index is 11.6. The highest BCUT2D eigenvalue weighted by Gasteiger charge is 2.47. The molecule has 1 aromatic rings. The first kappa shape index (κ1) is 13.7. The minimum absolute atomic E-state index is 0.469. The number of carboxylic acids is 1. The summed E-state index contributed by atoms with van der Waals surface area (Å²) < 4.78 is 0.469. The molecule has 0 spiro atoms. The minimum atomic E-state index is -0.796. The summed E-state index contributed by atoms with van der Waals surface area (Å²) >= 11 is 0. The molecule has 0 fully saturated rings. The number of rotatable bonds is 5. The van der Waals surface area contributed by atoms with Gasteiger partial charge in [0.1, 0.15) is 0 Å². The standard InChI is InChI=1S/C14H21NO2/c1-5-15(3,4)14(2,13(16)17)11-12-9-7-6-8-10-12/h6-10H,5,11H2,1-4H3/p+1. The lowest BCUT2D eigenvalue weighted by Gasteiger charge is -2.43. The molecule has 0 aliphatic heterocycles. The second-order valence-electron chi connectivity index (χ2n) is 5.24. The van der Waals surface area contributed by atoms with E-state index in [1.54, 1.807) is 0 Å². The van der Waals surface area contributed by atoms with Crippen molar-refractivity contribution in [3.8, 4) is 0 Å². The summed E-state index contributed by atoms with van der Waals surface area (Å²) in [6, 6.07) is 9.81. The molecule has 0 aromatic heterocycles. The summed E-state index contributed by atoms with van der Waals surface area (Å²) in [5.41, 5.74) is 0.271. The molecule has 94 valence electrons. The van der Waals surface area contributed by atoms with E-state index in [1.165, 1.54) is 0 Å². The van der Waals surface area contributed by atoms with Crippen molar-refractivity contribution in [2.24, 2.45) is 0 Å². The molecule has 0 amide bonds. The lowest BCUT2D eigenvalue weighted by atomic mass is 9.89. The summed E-state index contributed by atoms with van der Waals surface area (Å²) in [4.78, 5) is 11.6. The summed E-state index contributed by atoms with van der Waals surface area (Å²) in [5.74, 6) is -0.742. The van der Waals surface area contributed by atoms with Crippen molar-refractivity contribution in [3.63, 3.8) is 0 Å². The average molecular weight is 236 g/mol. The van der Waals surface area contributed by atoms with E-state index < -0.39 is 11.5 Å². The van der Waals surface area contributed by atoms with Gasteiger partial charge in [-0.25, -0.2) is 4.79 Å². The predicted octanol–water partition coefficient (Wildman–Crippen LogP) is 2.17. The molecule has 1 aromatic carbocycles. The molecule has 17 heavy (non-hydrogen) atoms. The molecule has 0 heterocycles. The van der Waals surface area contributed by atoms with E-state index in [-0.39, 0.29) is 0 Å². The number of aliphatic carboxylic acids is 1. The molecule has 1 N–H and O–H groups in total. The summed E-state index contributed by atoms with van der Waals surface area (Å²) in [7, 11) is 3.94. The number of likely N-dealkylation sites (N-methyl/N-ethyl adjacent to an activating group) is 1. The van der Waals surface area contributed by atoms with Crippen molar-refractivity contribution in [3.05, 3.63) is 35.9 Å². The zero-order valence-corrected chi connectivity index (χ0v) is 11.1. The van der Waals surface area contributed by atoms with Crippen LogP contribution in [0.2, 0.25) is 0 Å². The van der Waals surface area contributed by atoms with E-state index in [9.17, 15) is 9.90 Å². The van der Waals surface area contributed by atoms with Crippen LogP contribution in [0.15, 0.2) is 30.3 Å². The average Bonchev–Trinajstić information content (AvgIpc) is 2.29. The van der Waals surface area contributed by atoms with Gasteiger partial charge in [-0.1, -0.05) is 30.3 Å². The number of quaternary nitrogens is 1. The quantitative estimate of drug-likeness (QED) is 0.796. The van der Waals surface area contributed by atoms with E-state index in [2.05, 4.69) is 0 Å². The van der Waals surface area contributed by atoms with Crippen LogP contribution in [-0.2, 0) is 11.2 Å². The van der Waals surface area contributed by atoms with Gasteiger partial charge in [-0.2, -0.15) is 0 Å². The van der Waals surface area contributed by atoms with Crippen molar-refractivity contribution < 1.29 is 14.4 Å². The summed E-state index contributed by atoms with van der Waals surface area (Å²) in [5, 5.41) is 9.54. The molecule has 1 rings (SSSR count). The second-order valence-corrected chi connectivity index (χ2v) is 5.24. The third kappa shape index (κ3) is 2.67. The topological polar surface area (TPSA) is 37.3 Å². The number of carbonyl (C=O) groups is 1. The third-order valence-electron chi connectivity index (χ3n) is 3.98. The largest absolute Gasteiger partial charge is 0.477 e. The molecule has 1 unspecified atom stereocenters. The van der Waals surface area contributed by atoms with Crippen LogP contribution in [0.25, 0.3) is 0 Å². The van der Waals surface area contributed by atoms with Gasteiger partial charge >= 0.3 is 5.97 Å². The van der Waals surface area contributed by atoms with Crippen LogP contribution in [0.5, 0.6) is 0 Å². The fourth-order valence-electron chi connectivity index (χ4n) is 1.89. The van der Waals surface area contributed by atoms with Gasteiger partial charge < -0.3 is 9.59 Å². The molecule has 0 aliphatic carbocycles. The molecule has 0 bridgehead atoms. The van der Waals surface area contributed by atoms with E-state index in [1.807, 2.05) is 58.3 Å². The summed E-state index contributed by atoms with van der Waals surface area (Å²) in [6.45, 7) is 4.63. The number of nitrogens with zero attached hydrogens (tertiary/aromatic N) is 1. The zero-order valence-electron chi connectivity index (χ0n) is 11.1. The van der Waals surface area contributed by atoms with E-state index in [4.69, 9.17) is 0 Å². The van der Waals surface area contributed by atoms with Gasteiger partial charge in [0.15, 0.2) is 5.54 Å². The highest BCUT2D eigenvalue weighted by Crippen LogP contribution is 2.25. The van der Waals surface area contributed by atoms with Crippen molar-refractivity contribution in [1.82, 2.24) is 0 Å². The monoisotopic (exact) mass is 236 g/mol. The molecule has 0 aliphatic rings. The highest BCUT2D eigenvalue weighted by molar-refractivity contribution is 5.77. The molecule has 0 saturated heterocycles. The smallest absolute Gasteiger partial charge is 0.365 e. The zero-order chi connectivity index (χ0) is 13.1. The highest BCUT2D eigenvalue weighted by atomic mass is 16.4. The Morgan fingerprint density at radius 3 is 2.24 bits per heavy atom. The van der Waals surface area contributed by atoms with E-state index in [0.717, 1.165) is 12.1 Å². The van der Waals surface area contributed by atoms with Crippen LogP contribution in [0.4, 0.5) is 0 Å². The van der Waals surface area contributed by atoms with E-state index in [0.29, 0.717) is 10.9 Å². The van der Waals surface area contributed by atoms with Gasteiger partial charge in [0, 0.05) is 13.3 Å². The van der Waals surface area contributed by atoms with Crippen molar-refractivity contribution >= 4 is 5.97 Å². The van der Waals surface area contributed by atoms with Crippen LogP contribution < -0.4 is 0 Å². The molecular weight excluding hydrogens is 214 g/mol. The Morgan fingerprint density at radius 2 is 1.82 bits per heavy atom. The Kier molecular flexibility index (Phi) is 3.94. The van der Waals surface area contributed by atoms with Gasteiger partial charge in [-0.05, 0) is 12.5 Å². The van der Waals surface area contributed by atoms with Gasteiger partial charge in [-0.3, -0.25) is 0 Å². The molecule has 0 radical (unpaired) electrons. The van der Waals surface area contributed by atoms with Gasteiger partial charge in [0.05, 0.1) is 20.6 Å². The lowest BCUT2D eigenvalue weighted by Crippen LogP contribution is -2.63. The molecular formula is C14H22NO2+. The maximum Gasteiger partial charge on any atom is 0.365 e. The predicted molar refractivity (Wildman–Crippen MR) is 68.8 cm³/mol. The Hall–Kier alpha value is -1.35. The molecule has 3 nitrogen and oxygen atoms in total. The first-order valence-corrected chi connectivity index (χ1v) is 5.94. The Balaban J connectivity index is 3.06. The Bertz CT molecular complexity index is 386. The molecule has 3 heteroatoms. The Morgan fingerprint density at radius 1 is 1.29 bits per heavy atom. The number of hydrogen-bond acceptors (Lipinski definition) is 1. The SMILES string of the molecule is CC[N+](C)(C)C(C)(Cc1ccccc1)C(=O)O. The van der Waals surface area contributed by atoms with Crippen LogP contribution in [0.1, 0.15) is 19.4 Å². The van der Waals surface area contributed by atoms with Crippen LogP contribution in [-0.4, -0.2) is 41.7 Å². The van der Waals surface area contributed by atoms with Gasteiger partial charge in [-0.15, -0.1) is 0 Å². The number of hydrogen-bond donors (Lipinski definition) is 1.